The van der Waals surface area contributed by atoms with Gasteiger partial charge in [-0.25, -0.2) is 0 Å². The first-order chi connectivity index (χ1) is 12.2. The lowest BCUT2D eigenvalue weighted by atomic mass is 9.45. The SMILES string of the molecule is C[C@]12C[C@H](O)[C@@H]3[C@@H](CCC4=CC(=O)CC[C@]43C)[C@H]1CC[C@@]2(O)C(=O)CO. The van der Waals surface area contributed by atoms with Crippen LogP contribution in [0.1, 0.15) is 58.8 Å². The Labute approximate surface area is 154 Å². The zero-order valence-corrected chi connectivity index (χ0v) is 15.7. The zero-order chi connectivity index (χ0) is 18.9. The van der Waals surface area contributed by atoms with E-state index in [1.807, 2.05) is 6.92 Å². The van der Waals surface area contributed by atoms with Crippen LogP contribution >= 0.6 is 0 Å². The maximum atomic E-state index is 12.4. The second kappa shape index (κ2) is 5.73. The standard InChI is InChI=1S/C21H30O5/c1-19-7-5-13(23)9-12(19)3-4-14-15-6-8-21(26,17(25)11-22)20(15,2)10-16(24)18(14)19/h9,14-16,18,22,24,26H,3-8,10-11H2,1-2H3/t14-,15+,16-,18-,19+,20-,21+/m0/s1. The van der Waals surface area contributed by atoms with Crippen molar-refractivity contribution in [2.45, 2.75) is 70.5 Å². The number of aliphatic hydroxyl groups is 3. The summed E-state index contributed by atoms with van der Waals surface area (Å²) in [6, 6.07) is 0. The van der Waals surface area contributed by atoms with Crippen molar-refractivity contribution < 1.29 is 24.9 Å². The molecule has 3 N–H and O–H groups in total. The van der Waals surface area contributed by atoms with Crippen molar-refractivity contribution in [2.75, 3.05) is 6.61 Å². The van der Waals surface area contributed by atoms with Gasteiger partial charge in [-0.15, -0.1) is 0 Å². The van der Waals surface area contributed by atoms with E-state index < -0.39 is 29.5 Å². The quantitative estimate of drug-likeness (QED) is 0.696. The molecule has 0 radical (unpaired) electrons. The molecule has 0 saturated heterocycles. The van der Waals surface area contributed by atoms with Gasteiger partial charge in [-0.05, 0) is 67.8 Å². The first-order valence-electron chi connectivity index (χ1n) is 9.96. The van der Waals surface area contributed by atoms with Gasteiger partial charge in [-0.3, -0.25) is 9.59 Å². The minimum Gasteiger partial charge on any atom is -0.393 e. The molecule has 3 fully saturated rings. The number of Topliss-reactive ketones (excluding diaryl/α,β-unsaturated/α-hetero) is 1. The molecule has 7 atom stereocenters. The van der Waals surface area contributed by atoms with Crippen molar-refractivity contribution in [2.24, 2.45) is 28.6 Å². The van der Waals surface area contributed by atoms with E-state index in [1.165, 1.54) is 5.57 Å². The highest BCUT2D eigenvalue weighted by atomic mass is 16.3. The van der Waals surface area contributed by atoms with Gasteiger partial charge in [0, 0.05) is 11.8 Å². The van der Waals surface area contributed by atoms with Gasteiger partial charge in [0.25, 0.3) is 0 Å². The Hall–Kier alpha value is -1.04. The Kier molecular flexibility index (Phi) is 4.04. The fourth-order valence-electron chi connectivity index (χ4n) is 7.28. The molecular weight excluding hydrogens is 332 g/mol. The minimum atomic E-state index is -1.54. The number of fused-ring (bicyclic) bond motifs is 5. The first-order valence-corrected chi connectivity index (χ1v) is 9.96. The summed E-state index contributed by atoms with van der Waals surface area (Å²) in [6.45, 7) is 3.46. The molecule has 0 heterocycles. The molecule has 0 aromatic heterocycles. The third kappa shape index (κ3) is 2.14. The number of aliphatic hydroxyl groups excluding tert-OH is 2. The molecule has 4 aliphatic rings. The molecule has 5 nitrogen and oxygen atoms in total. The lowest BCUT2D eigenvalue weighted by Crippen LogP contribution is -2.62. The summed E-state index contributed by atoms with van der Waals surface area (Å²) in [5, 5.41) is 31.7. The van der Waals surface area contributed by atoms with Crippen LogP contribution in [0, 0.1) is 28.6 Å². The zero-order valence-electron chi connectivity index (χ0n) is 15.7. The minimum absolute atomic E-state index is 0.0697. The molecule has 4 aliphatic carbocycles. The Morgan fingerprint density at radius 1 is 1.23 bits per heavy atom. The summed E-state index contributed by atoms with van der Waals surface area (Å²) in [5.41, 5.74) is -1.23. The lowest BCUT2D eigenvalue weighted by Gasteiger charge is -2.60. The predicted molar refractivity (Wildman–Crippen MR) is 95.1 cm³/mol. The summed E-state index contributed by atoms with van der Waals surface area (Å²) < 4.78 is 0. The van der Waals surface area contributed by atoms with E-state index in [0.717, 1.165) is 25.7 Å². The van der Waals surface area contributed by atoms with E-state index in [4.69, 9.17) is 0 Å². The lowest BCUT2D eigenvalue weighted by molar-refractivity contribution is -0.182. The number of ketones is 2. The molecule has 144 valence electrons. The van der Waals surface area contributed by atoms with E-state index in [9.17, 15) is 24.9 Å². The average Bonchev–Trinajstić information content (AvgIpc) is 2.86. The summed E-state index contributed by atoms with van der Waals surface area (Å²) >= 11 is 0. The van der Waals surface area contributed by atoms with Gasteiger partial charge in [0.15, 0.2) is 11.6 Å². The average molecular weight is 362 g/mol. The van der Waals surface area contributed by atoms with Crippen LogP contribution in [0.15, 0.2) is 11.6 Å². The van der Waals surface area contributed by atoms with Gasteiger partial charge in [0.2, 0.25) is 0 Å². The summed E-state index contributed by atoms with van der Waals surface area (Å²) in [6.07, 6.45) is 5.74. The molecule has 0 amide bonds. The number of hydrogen-bond acceptors (Lipinski definition) is 5. The Morgan fingerprint density at radius 2 is 1.96 bits per heavy atom. The number of allylic oxidation sites excluding steroid dienone is 1. The number of hydrogen-bond donors (Lipinski definition) is 3. The fourth-order valence-corrected chi connectivity index (χ4v) is 7.28. The van der Waals surface area contributed by atoms with Crippen LogP contribution in [0.2, 0.25) is 0 Å². The number of carbonyl (C=O) groups excluding carboxylic acids is 2. The maximum absolute atomic E-state index is 12.4. The molecule has 0 aromatic carbocycles. The molecule has 0 aliphatic heterocycles. The highest BCUT2D eigenvalue weighted by Gasteiger charge is 2.68. The second-order valence-corrected chi connectivity index (χ2v) is 9.56. The van der Waals surface area contributed by atoms with Crippen molar-refractivity contribution >= 4 is 11.6 Å². The summed E-state index contributed by atoms with van der Waals surface area (Å²) in [5.74, 6) is 0.140. The summed E-state index contributed by atoms with van der Waals surface area (Å²) in [7, 11) is 0. The van der Waals surface area contributed by atoms with Crippen LogP contribution in [0.4, 0.5) is 0 Å². The molecule has 0 spiro atoms. The van der Waals surface area contributed by atoms with E-state index >= 15 is 0 Å². The Morgan fingerprint density at radius 3 is 2.65 bits per heavy atom. The highest BCUT2D eigenvalue weighted by Crippen LogP contribution is 2.67. The smallest absolute Gasteiger partial charge is 0.190 e. The highest BCUT2D eigenvalue weighted by molar-refractivity contribution is 5.91. The number of rotatable bonds is 2. The van der Waals surface area contributed by atoms with Gasteiger partial charge in [0.05, 0.1) is 6.10 Å². The second-order valence-electron chi connectivity index (χ2n) is 9.56. The molecule has 5 heteroatoms. The molecule has 0 bridgehead atoms. The van der Waals surface area contributed by atoms with Crippen LogP contribution in [0.3, 0.4) is 0 Å². The van der Waals surface area contributed by atoms with Crippen LogP contribution in [-0.2, 0) is 9.59 Å². The van der Waals surface area contributed by atoms with E-state index in [-0.39, 0.29) is 29.0 Å². The van der Waals surface area contributed by atoms with E-state index in [2.05, 4.69) is 6.92 Å². The van der Waals surface area contributed by atoms with Gasteiger partial charge >= 0.3 is 0 Å². The summed E-state index contributed by atoms with van der Waals surface area (Å²) in [4.78, 5) is 24.3. The van der Waals surface area contributed by atoms with E-state index in [1.54, 1.807) is 6.08 Å². The van der Waals surface area contributed by atoms with Gasteiger partial charge in [-0.1, -0.05) is 19.4 Å². The van der Waals surface area contributed by atoms with Crippen molar-refractivity contribution in [3.05, 3.63) is 11.6 Å². The monoisotopic (exact) mass is 362 g/mol. The van der Waals surface area contributed by atoms with Crippen LogP contribution in [0.5, 0.6) is 0 Å². The molecule has 26 heavy (non-hydrogen) atoms. The third-order valence-corrected chi connectivity index (χ3v) is 8.65. The molecule has 0 aromatic rings. The molecule has 3 saturated carbocycles. The molecular formula is C21H30O5. The fraction of sp³-hybridized carbons (Fsp3) is 0.810. The molecule has 0 unspecified atom stereocenters. The maximum Gasteiger partial charge on any atom is 0.190 e. The Bertz CT molecular complexity index is 684. The van der Waals surface area contributed by atoms with Crippen LogP contribution < -0.4 is 0 Å². The van der Waals surface area contributed by atoms with E-state index in [0.29, 0.717) is 19.3 Å². The first kappa shape index (κ1) is 18.3. The predicted octanol–water partition coefficient (Wildman–Crippen LogP) is 1.78. The topological polar surface area (TPSA) is 94.8 Å². The number of carbonyl (C=O) groups is 2. The van der Waals surface area contributed by atoms with Gasteiger partial charge in [0.1, 0.15) is 12.2 Å². The van der Waals surface area contributed by atoms with Crippen molar-refractivity contribution in [1.82, 2.24) is 0 Å². The van der Waals surface area contributed by atoms with Crippen LogP contribution in [-0.4, -0.2) is 45.2 Å². The normalized spacial score (nSPS) is 50.5. The van der Waals surface area contributed by atoms with Crippen LogP contribution in [0.25, 0.3) is 0 Å². The largest absolute Gasteiger partial charge is 0.393 e. The Balaban J connectivity index is 1.74. The third-order valence-electron chi connectivity index (χ3n) is 8.65. The van der Waals surface area contributed by atoms with Gasteiger partial charge < -0.3 is 15.3 Å². The molecule has 4 rings (SSSR count). The van der Waals surface area contributed by atoms with Crippen molar-refractivity contribution in [3.8, 4) is 0 Å². The van der Waals surface area contributed by atoms with Crippen molar-refractivity contribution in [3.63, 3.8) is 0 Å². The van der Waals surface area contributed by atoms with Crippen molar-refractivity contribution in [1.29, 1.82) is 0 Å². The van der Waals surface area contributed by atoms with Gasteiger partial charge in [-0.2, -0.15) is 0 Å².